The third kappa shape index (κ3) is 2.51. The molecule has 0 spiro atoms. The second-order valence-corrected chi connectivity index (χ2v) is 5.60. The van der Waals surface area contributed by atoms with Crippen LogP contribution in [0.3, 0.4) is 0 Å². The summed E-state index contributed by atoms with van der Waals surface area (Å²) in [7, 11) is 1.60. The molecule has 0 bridgehead atoms. The van der Waals surface area contributed by atoms with Crippen LogP contribution in [0, 0.1) is 6.92 Å². The summed E-state index contributed by atoms with van der Waals surface area (Å²) in [6.45, 7) is 5.69. The van der Waals surface area contributed by atoms with Crippen molar-refractivity contribution in [2.45, 2.75) is 26.9 Å². The quantitative estimate of drug-likeness (QED) is 0.927. The third-order valence-corrected chi connectivity index (χ3v) is 3.81. The van der Waals surface area contributed by atoms with Gasteiger partial charge in [0.05, 0.1) is 13.2 Å². The maximum Gasteiger partial charge on any atom is 0.349 e. The molecule has 4 nitrogen and oxygen atoms in total. The van der Waals surface area contributed by atoms with Crippen molar-refractivity contribution in [3.8, 4) is 11.5 Å². The number of hydrogen-bond acceptors (Lipinski definition) is 4. The Balaban J connectivity index is 2.74. The molecule has 1 aromatic carbocycles. The number of rotatable bonds is 4. The lowest BCUT2D eigenvalue weighted by Crippen LogP contribution is -2.08. The predicted molar refractivity (Wildman–Crippen MR) is 75.8 cm³/mol. The van der Waals surface area contributed by atoms with Crippen molar-refractivity contribution in [3.63, 3.8) is 0 Å². The first-order chi connectivity index (χ1) is 8.93. The molecule has 1 N–H and O–H groups in total. The van der Waals surface area contributed by atoms with Crippen molar-refractivity contribution in [1.29, 1.82) is 0 Å². The van der Waals surface area contributed by atoms with E-state index in [-0.39, 0.29) is 11.0 Å². The van der Waals surface area contributed by atoms with Gasteiger partial charge in [-0.1, -0.05) is 0 Å². The van der Waals surface area contributed by atoms with Crippen LogP contribution in [0.25, 0.3) is 10.1 Å². The van der Waals surface area contributed by atoms with E-state index in [1.54, 1.807) is 7.11 Å². The zero-order valence-corrected chi connectivity index (χ0v) is 12.1. The van der Waals surface area contributed by atoms with Gasteiger partial charge >= 0.3 is 5.97 Å². The molecule has 2 aromatic rings. The zero-order chi connectivity index (χ0) is 14.2. The minimum absolute atomic E-state index is 0.0719. The SMILES string of the molecule is COc1cc(C)c2c(OC(C)C)c(C(=O)O)sc2c1. The highest BCUT2D eigenvalue weighted by atomic mass is 32.1. The summed E-state index contributed by atoms with van der Waals surface area (Å²) in [4.78, 5) is 11.6. The minimum Gasteiger partial charge on any atom is -0.497 e. The topological polar surface area (TPSA) is 55.8 Å². The van der Waals surface area contributed by atoms with Gasteiger partial charge in [0.1, 0.15) is 5.75 Å². The number of carboxylic acids is 1. The second-order valence-electron chi connectivity index (χ2n) is 4.55. The van der Waals surface area contributed by atoms with Crippen molar-refractivity contribution >= 4 is 27.4 Å². The molecule has 0 aliphatic rings. The average Bonchev–Trinajstić information content (AvgIpc) is 2.67. The Morgan fingerprint density at radius 2 is 2.05 bits per heavy atom. The Hall–Kier alpha value is -1.75. The Morgan fingerprint density at radius 1 is 1.37 bits per heavy atom. The molecule has 2 rings (SSSR count). The van der Waals surface area contributed by atoms with Crippen LogP contribution in [0.15, 0.2) is 12.1 Å². The van der Waals surface area contributed by atoms with E-state index in [0.717, 1.165) is 21.4 Å². The number of methoxy groups -OCH3 is 1. The van der Waals surface area contributed by atoms with Crippen molar-refractivity contribution in [2.24, 2.45) is 0 Å². The number of benzene rings is 1. The van der Waals surface area contributed by atoms with Crippen LogP contribution in [0.1, 0.15) is 29.1 Å². The smallest absolute Gasteiger partial charge is 0.349 e. The molecule has 0 saturated carbocycles. The van der Waals surface area contributed by atoms with Gasteiger partial charge < -0.3 is 14.6 Å². The molecule has 5 heteroatoms. The molecule has 1 aromatic heterocycles. The molecule has 0 atom stereocenters. The fraction of sp³-hybridized carbons (Fsp3) is 0.357. The molecule has 1 heterocycles. The maximum absolute atomic E-state index is 11.3. The second kappa shape index (κ2) is 5.09. The van der Waals surface area contributed by atoms with Crippen LogP contribution in [0.2, 0.25) is 0 Å². The number of carboxylic acid groups (broad SMARTS) is 1. The van der Waals surface area contributed by atoms with Gasteiger partial charge in [0, 0.05) is 10.1 Å². The molecule has 0 unspecified atom stereocenters. The summed E-state index contributed by atoms with van der Waals surface area (Å²) in [6.07, 6.45) is -0.0719. The summed E-state index contributed by atoms with van der Waals surface area (Å²) in [5.74, 6) is 0.220. The number of aryl methyl sites for hydroxylation is 1. The molecule has 0 fully saturated rings. The normalized spacial score (nSPS) is 11.0. The molecule has 102 valence electrons. The lowest BCUT2D eigenvalue weighted by Gasteiger charge is -2.11. The van der Waals surface area contributed by atoms with Crippen LogP contribution >= 0.6 is 11.3 Å². The number of carbonyl (C=O) groups is 1. The van der Waals surface area contributed by atoms with Gasteiger partial charge in [-0.05, 0) is 38.5 Å². The van der Waals surface area contributed by atoms with Gasteiger partial charge in [0.15, 0.2) is 10.6 Å². The largest absolute Gasteiger partial charge is 0.497 e. The average molecular weight is 280 g/mol. The van der Waals surface area contributed by atoms with Gasteiger partial charge in [-0.2, -0.15) is 0 Å². The summed E-state index contributed by atoms with van der Waals surface area (Å²) in [5.41, 5.74) is 0.953. The first kappa shape index (κ1) is 13.7. The van der Waals surface area contributed by atoms with Crippen LogP contribution in [0.5, 0.6) is 11.5 Å². The van der Waals surface area contributed by atoms with Gasteiger partial charge in [0.25, 0.3) is 0 Å². The Morgan fingerprint density at radius 3 is 2.58 bits per heavy atom. The molecule has 0 saturated heterocycles. The van der Waals surface area contributed by atoms with E-state index in [4.69, 9.17) is 9.47 Å². The van der Waals surface area contributed by atoms with Crippen LogP contribution < -0.4 is 9.47 Å². The van der Waals surface area contributed by atoms with Crippen LogP contribution in [-0.4, -0.2) is 24.3 Å². The number of hydrogen-bond donors (Lipinski definition) is 1. The van der Waals surface area contributed by atoms with E-state index in [1.165, 1.54) is 11.3 Å². The molecule has 0 aliphatic carbocycles. The predicted octanol–water partition coefficient (Wildman–Crippen LogP) is 3.70. The van der Waals surface area contributed by atoms with Gasteiger partial charge in [0.2, 0.25) is 0 Å². The molecule has 0 amide bonds. The van der Waals surface area contributed by atoms with Crippen molar-refractivity contribution in [2.75, 3.05) is 7.11 Å². The van der Waals surface area contributed by atoms with Gasteiger partial charge in [-0.25, -0.2) is 4.79 Å². The van der Waals surface area contributed by atoms with Crippen LogP contribution in [-0.2, 0) is 0 Å². The monoisotopic (exact) mass is 280 g/mol. The fourth-order valence-electron chi connectivity index (χ4n) is 1.97. The lowest BCUT2D eigenvalue weighted by molar-refractivity contribution is 0.0697. The minimum atomic E-state index is -0.963. The summed E-state index contributed by atoms with van der Waals surface area (Å²) in [5, 5.41) is 10.2. The van der Waals surface area contributed by atoms with Gasteiger partial charge in [-0.3, -0.25) is 0 Å². The van der Waals surface area contributed by atoms with E-state index in [1.807, 2.05) is 32.9 Å². The van der Waals surface area contributed by atoms with Crippen molar-refractivity contribution in [3.05, 3.63) is 22.6 Å². The maximum atomic E-state index is 11.3. The Bertz CT molecular complexity index is 628. The lowest BCUT2D eigenvalue weighted by atomic mass is 10.1. The summed E-state index contributed by atoms with van der Waals surface area (Å²) in [6, 6.07) is 3.72. The van der Waals surface area contributed by atoms with Crippen LogP contribution in [0.4, 0.5) is 0 Å². The highest BCUT2D eigenvalue weighted by Crippen LogP contribution is 2.42. The third-order valence-electron chi connectivity index (χ3n) is 2.70. The molecule has 0 radical (unpaired) electrons. The number of ether oxygens (including phenoxy) is 2. The number of fused-ring (bicyclic) bond motifs is 1. The van der Waals surface area contributed by atoms with Crippen molar-refractivity contribution < 1.29 is 19.4 Å². The van der Waals surface area contributed by atoms with Gasteiger partial charge in [-0.15, -0.1) is 11.3 Å². The number of thiophene rings is 1. The fourth-order valence-corrected chi connectivity index (χ4v) is 3.05. The Kier molecular flexibility index (Phi) is 3.66. The molecule has 0 aliphatic heterocycles. The van der Waals surface area contributed by atoms with Crippen molar-refractivity contribution in [1.82, 2.24) is 0 Å². The standard InChI is InChI=1S/C14H16O4S/c1-7(2)18-12-11-8(3)5-9(17-4)6-10(11)19-13(12)14(15)16/h5-7H,1-4H3,(H,15,16). The first-order valence-electron chi connectivity index (χ1n) is 5.95. The Labute approximate surface area is 115 Å². The highest BCUT2D eigenvalue weighted by Gasteiger charge is 2.22. The molecule has 19 heavy (non-hydrogen) atoms. The van der Waals surface area contributed by atoms with E-state index < -0.39 is 5.97 Å². The van der Waals surface area contributed by atoms with E-state index in [0.29, 0.717) is 5.75 Å². The summed E-state index contributed by atoms with van der Waals surface area (Å²) < 4.78 is 11.8. The zero-order valence-electron chi connectivity index (χ0n) is 11.3. The number of aromatic carboxylic acids is 1. The van der Waals surface area contributed by atoms with E-state index in [9.17, 15) is 9.90 Å². The van der Waals surface area contributed by atoms with E-state index in [2.05, 4.69) is 0 Å². The first-order valence-corrected chi connectivity index (χ1v) is 6.76. The molecular weight excluding hydrogens is 264 g/mol. The van der Waals surface area contributed by atoms with E-state index >= 15 is 0 Å². The molecular formula is C14H16O4S. The highest BCUT2D eigenvalue weighted by molar-refractivity contribution is 7.21. The summed E-state index contributed by atoms with van der Waals surface area (Å²) >= 11 is 1.21.